The van der Waals surface area contributed by atoms with E-state index in [2.05, 4.69) is 37.1 Å². The number of rotatable bonds is 5. The Hall–Kier alpha value is -1.63. The number of hydrogen-bond acceptors (Lipinski definition) is 7. The van der Waals surface area contributed by atoms with Crippen molar-refractivity contribution in [1.82, 2.24) is 19.9 Å². The molecule has 0 aromatic carbocycles. The molecule has 24 heavy (non-hydrogen) atoms. The zero-order chi connectivity index (χ0) is 16.8. The molecule has 0 spiro atoms. The van der Waals surface area contributed by atoms with Gasteiger partial charge in [-0.3, -0.25) is 0 Å². The number of likely N-dealkylation sites (tertiary alicyclic amines) is 1. The van der Waals surface area contributed by atoms with Gasteiger partial charge in [0.05, 0.1) is 7.11 Å². The minimum Gasteiger partial charge on any atom is -0.467 e. The Labute approximate surface area is 144 Å². The molecule has 2 aliphatic heterocycles. The van der Waals surface area contributed by atoms with Crippen LogP contribution in [0.5, 0.6) is 6.01 Å². The first-order valence-corrected chi connectivity index (χ1v) is 9.22. The summed E-state index contributed by atoms with van der Waals surface area (Å²) in [6.45, 7) is 5.26. The van der Waals surface area contributed by atoms with Gasteiger partial charge in [0.15, 0.2) is 0 Å². The maximum Gasteiger partial charge on any atom is 0.322 e. The highest BCUT2D eigenvalue weighted by Crippen LogP contribution is 2.20. The predicted octanol–water partition coefficient (Wildman–Crippen LogP) is 2.01. The molecule has 7 heteroatoms. The summed E-state index contributed by atoms with van der Waals surface area (Å²) in [5.74, 6) is 2.02. The molecule has 3 rings (SSSR count). The first kappa shape index (κ1) is 17.2. The topological polar surface area (TPSA) is 66.4 Å². The second-order valence-corrected chi connectivity index (χ2v) is 7.00. The van der Waals surface area contributed by atoms with Crippen LogP contribution in [0.25, 0.3) is 0 Å². The van der Waals surface area contributed by atoms with Crippen LogP contribution in [0.1, 0.15) is 38.5 Å². The zero-order valence-corrected chi connectivity index (χ0v) is 15.0. The Morgan fingerprint density at radius 1 is 1.04 bits per heavy atom. The van der Waals surface area contributed by atoms with E-state index in [1.54, 1.807) is 7.11 Å². The molecule has 2 saturated heterocycles. The van der Waals surface area contributed by atoms with Crippen LogP contribution in [0.2, 0.25) is 0 Å². The van der Waals surface area contributed by atoms with Crippen molar-refractivity contribution in [2.24, 2.45) is 5.92 Å². The van der Waals surface area contributed by atoms with Crippen LogP contribution in [0.4, 0.5) is 11.9 Å². The van der Waals surface area contributed by atoms with Crippen molar-refractivity contribution in [2.75, 3.05) is 57.1 Å². The van der Waals surface area contributed by atoms with Gasteiger partial charge in [0.1, 0.15) is 0 Å². The maximum atomic E-state index is 5.29. The van der Waals surface area contributed by atoms with Gasteiger partial charge in [0.2, 0.25) is 11.9 Å². The lowest BCUT2D eigenvalue weighted by Gasteiger charge is -2.29. The molecule has 1 aromatic heterocycles. The predicted molar refractivity (Wildman–Crippen MR) is 95.8 cm³/mol. The first-order valence-electron chi connectivity index (χ1n) is 9.22. The number of anilines is 2. The van der Waals surface area contributed by atoms with Crippen LogP contribution in [-0.4, -0.2) is 66.7 Å². The van der Waals surface area contributed by atoms with Gasteiger partial charge in [-0.25, -0.2) is 0 Å². The Balaban J connectivity index is 1.66. The zero-order valence-electron chi connectivity index (χ0n) is 15.0. The largest absolute Gasteiger partial charge is 0.467 e. The molecule has 0 radical (unpaired) electrons. The lowest BCUT2D eigenvalue weighted by Crippen LogP contribution is -2.35. The van der Waals surface area contributed by atoms with Gasteiger partial charge in [-0.05, 0) is 45.2 Å². The van der Waals surface area contributed by atoms with E-state index in [-0.39, 0.29) is 0 Å². The standard InChI is InChI=1S/C17H30N6O/c1-22-9-7-8-14(13-22)12-18-15-19-16(21-17(20-15)24-2)23-10-5-3-4-6-11-23/h14H,3-13H2,1-2H3,(H,18,19,20,21). The van der Waals surface area contributed by atoms with E-state index >= 15 is 0 Å². The first-order chi connectivity index (χ1) is 11.7. The summed E-state index contributed by atoms with van der Waals surface area (Å²) in [7, 11) is 3.80. The molecular weight excluding hydrogens is 304 g/mol. The fourth-order valence-corrected chi connectivity index (χ4v) is 3.60. The summed E-state index contributed by atoms with van der Waals surface area (Å²) in [4.78, 5) is 18.1. The summed E-state index contributed by atoms with van der Waals surface area (Å²) in [5, 5.41) is 3.41. The maximum absolute atomic E-state index is 5.29. The molecule has 1 atom stereocenters. The second-order valence-electron chi connectivity index (χ2n) is 7.00. The number of piperidine rings is 1. The molecule has 0 saturated carbocycles. The number of ether oxygens (including phenoxy) is 1. The SMILES string of the molecule is COc1nc(NCC2CCCN(C)C2)nc(N2CCCCCC2)n1. The lowest BCUT2D eigenvalue weighted by molar-refractivity contribution is 0.217. The minimum atomic E-state index is 0.396. The molecule has 3 heterocycles. The van der Waals surface area contributed by atoms with Crippen molar-refractivity contribution in [1.29, 1.82) is 0 Å². The fraction of sp³-hybridized carbons (Fsp3) is 0.824. The van der Waals surface area contributed by atoms with E-state index in [1.165, 1.54) is 45.1 Å². The fourth-order valence-electron chi connectivity index (χ4n) is 3.60. The number of nitrogens with zero attached hydrogens (tertiary/aromatic N) is 5. The highest BCUT2D eigenvalue weighted by atomic mass is 16.5. The van der Waals surface area contributed by atoms with Gasteiger partial charge >= 0.3 is 6.01 Å². The summed E-state index contributed by atoms with van der Waals surface area (Å²) < 4.78 is 5.29. The highest BCUT2D eigenvalue weighted by molar-refractivity contribution is 5.38. The normalized spacial score (nSPS) is 22.9. The van der Waals surface area contributed by atoms with Gasteiger partial charge in [0.25, 0.3) is 0 Å². The summed E-state index contributed by atoms with van der Waals surface area (Å²) in [6, 6.07) is 0.396. The van der Waals surface area contributed by atoms with Crippen LogP contribution < -0.4 is 15.0 Å². The van der Waals surface area contributed by atoms with Gasteiger partial charge < -0.3 is 19.9 Å². The molecule has 2 fully saturated rings. The molecule has 7 nitrogen and oxygen atoms in total. The lowest BCUT2D eigenvalue weighted by atomic mass is 9.99. The summed E-state index contributed by atoms with van der Waals surface area (Å²) >= 11 is 0. The third kappa shape index (κ3) is 4.69. The van der Waals surface area contributed by atoms with Crippen molar-refractivity contribution in [3.63, 3.8) is 0 Å². The number of nitrogens with one attached hydrogen (secondary N) is 1. The van der Waals surface area contributed by atoms with Gasteiger partial charge in [-0.2, -0.15) is 15.0 Å². The molecule has 1 N–H and O–H groups in total. The Bertz CT molecular complexity index is 518. The third-order valence-electron chi connectivity index (χ3n) is 4.95. The van der Waals surface area contributed by atoms with Crippen molar-refractivity contribution >= 4 is 11.9 Å². The second kappa shape index (κ2) is 8.46. The quantitative estimate of drug-likeness (QED) is 0.883. The molecule has 134 valence electrons. The molecular formula is C17H30N6O. The van der Waals surface area contributed by atoms with Crippen LogP contribution in [0.15, 0.2) is 0 Å². The van der Waals surface area contributed by atoms with Crippen molar-refractivity contribution < 1.29 is 4.74 Å². The van der Waals surface area contributed by atoms with E-state index in [9.17, 15) is 0 Å². The molecule has 1 aromatic rings. The van der Waals surface area contributed by atoms with Gasteiger partial charge in [0, 0.05) is 26.2 Å². The van der Waals surface area contributed by atoms with Crippen LogP contribution in [0.3, 0.4) is 0 Å². The smallest absolute Gasteiger partial charge is 0.322 e. The molecule has 0 aliphatic carbocycles. The van der Waals surface area contributed by atoms with E-state index in [0.29, 0.717) is 17.9 Å². The Kier molecular flexibility index (Phi) is 6.07. The van der Waals surface area contributed by atoms with Crippen LogP contribution in [0, 0.1) is 5.92 Å². The number of aromatic nitrogens is 3. The molecule has 1 unspecified atom stereocenters. The van der Waals surface area contributed by atoms with Crippen molar-refractivity contribution in [2.45, 2.75) is 38.5 Å². The average Bonchev–Trinajstić information content (AvgIpc) is 2.89. The Morgan fingerprint density at radius 2 is 1.83 bits per heavy atom. The van der Waals surface area contributed by atoms with Crippen molar-refractivity contribution in [3.8, 4) is 6.01 Å². The molecule has 2 aliphatic rings. The van der Waals surface area contributed by atoms with E-state index in [0.717, 1.165) is 32.1 Å². The number of hydrogen-bond donors (Lipinski definition) is 1. The monoisotopic (exact) mass is 334 g/mol. The van der Waals surface area contributed by atoms with E-state index in [1.807, 2.05) is 0 Å². The average molecular weight is 334 g/mol. The highest BCUT2D eigenvalue weighted by Gasteiger charge is 2.19. The van der Waals surface area contributed by atoms with Gasteiger partial charge in [-0.15, -0.1) is 0 Å². The molecule has 0 amide bonds. The van der Waals surface area contributed by atoms with Crippen LogP contribution >= 0.6 is 0 Å². The number of methoxy groups -OCH3 is 1. The Morgan fingerprint density at radius 3 is 2.54 bits per heavy atom. The van der Waals surface area contributed by atoms with Gasteiger partial charge in [-0.1, -0.05) is 12.8 Å². The minimum absolute atomic E-state index is 0.396. The van der Waals surface area contributed by atoms with E-state index in [4.69, 9.17) is 4.74 Å². The summed E-state index contributed by atoms with van der Waals surface area (Å²) in [6.07, 6.45) is 7.51. The van der Waals surface area contributed by atoms with E-state index < -0.39 is 0 Å². The van der Waals surface area contributed by atoms with Crippen molar-refractivity contribution in [3.05, 3.63) is 0 Å². The van der Waals surface area contributed by atoms with Crippen LogP contribution in [-0.2, 0) is 0 Å². The summed E-state index contributed by atoms with van der Waals surface area (Å²) in [5.41, 5.74) is 0. The molecule has 0 bridgehead atoms. The third-order valence-corrected chi connectivity index (χ3v) is 4.95.